The zero-order valence-electron chi connectivity index (χ0n) is 18.6. The lowest BCUT2D eigenvalue weighted by Crippen LogP contribution is -2.30. The molecule has 1 amide bonds. The van der Waals surface area contributed by atoms with Gasteiger partial charge in [0.25, 0.3) is 5.91 Å². The van der Waals surface area contributed by atoms with Gasteiger partial charge in [0.2, 0.25) is 10.0 Å². The highest BCUT2D eigenvalue weighted by molar-refractivity contribution is 7.98. The van der Waals surface area contributed by atoms with Crippen molar-refractivity contribution < 1.29 is 13.2 Å². The summed E-state index contributed by atoms with van der Waals surface area (Å²) in [5.74, 6) is -0.204. The first kappa shape index (κ1) is 24.0. The SMILES string of the molecule is CCN(CC)S(=O)(=O)c1ccc(C(C)NC(=O)c2cccc(-n3ccnc3SC)c2)cc1. The average molecular weight is 473 g/mol. The van der Waals surface area contributed by atoms with Gasteiger partial charge in [0.15, 0.2) is 5.16 Å². The van der Waals surface area contributed by atoms with Crippen LogP contribution in [0.2, 0.25) is 0 Å². The number of rotatable bonds is 9. The maximum absolute atomic E-state index is 12.9. The number of thioether (sulfide) groups is 1. The Labute approximate surface area is 193 Å². The van der Waals surface area contributed by atoms with Crippen LogP contribution in [0.4, 0.5) is 0 Å². The molecule has 0 bridgehead atoms. The molecule has 9 heteroatoms. The Kier molecular flexibility index (Phi) is 7.76. The number of benzene rings is 2. The molecule has 0 fully saturated rings. The Morgan fingerprint density at radius 3 is 2.47 bits per heavy atom. The molecular formula is C23H28N4O3S2. The Balaban J connectivity index is 1.74. The van der Waals surface area contributed by atoms with Gasteiger partial charge < -0.3 is 5.32 Å². The van der Waals surface area contributed by atoms with Crippen molar-refractivity contribution in [2.24, 2.45) is 0 Å². The van der Waals surface area contributed by atoms with Gasteiger partial charge in [-0.15, -0.1) is 0 Å². The number of amides is 1. The molecule has 0 spiro atoms. The second-order valence-electron chi connectivity index (χ2n) is 7.19. The summed E-state index contributed by atoms with van der Waals surface area (Å²) in [6.07, 6.45) is 5.54. The summed E-state index contributed by atoms with van der Waals surface area (Å²) >= 11 is 1.53. The van der Waals surface area contributed by atoms with Crippen LogP contribution < -0.4 is 5.32 Å². The van der Waals surface area contributed by atoms with E-state index in [4.69, 9.17) is 0 Å². The van der Waals surface area contributed by atoms with Crippen molar-refractivity contribution in [3.63, 3.8) is 0 Å². The molecule has 0 aliphatic rings. The summed E-state index contributed by atoms with van der Waals surface area (Å²) in [5, 5.41) is 3.83. The molecule has 32 heavy (non-hydrogen) atoms. The van der Waals surface area contributed by atoms with E-state index in [0.29, 0.717) is 18.7 Å². The second kappa shape index (κ2) is 10.3. The molecule has 1 heterocycles. The van der Waals surface area contributed by atoms with Crippen LogP contribution in [0.25, 0.3) is 5.69 Å². The maximum atomic E-state index is 12.9. The Morgan fingerprint density at radius 1 is 1.16 bits per heavy atom. The zero-order chi connectivity index (χ0) is 23.3. The first-order valence-electron chi connectivity index (χ1n) is 10.4. The predicted octanol–water partition coefficient (Wildman–Crippen LogP) is 4.12. The van der Waals surface area contributed by atoms with Crippen molar-refractivity contribution >= 4 is 27.7 Å². The minimum Gasteiger partial charge on any atom is -0.346 e. The summed E-state index contributed by atoms with van der Waals surface area (Å²) in [5.41, 5.74) is 2.22. The normalized spacial score (nSPS) is 12.7. The van der Waals surface area contributed by atoms with Crippen molar-refractivity contribution in [1.82, 2.24) is 19.2 Å². The van der Waals surface area contributed by atoms with Crippen molar-refractivity contribution in [3.8, 4) is 5.69 Å². The average Bonchev–Trinajstić information content (AvgIpc) is 3.29. The van der Waals surface area contributed by atoms with E-state index in [1.165, 1.54) is 16.1 Å². The highest BCUT2D eigenvalue weighted by Crippen LogP contribution is 2.21. The van der Waals surface area contributed by atoms with Crippen molar-refractivity contribution in [2.75, 3.05) is 19.3 Å². The lowest BCUT2D eigenvalue weighted by atomic mass is 10.1. The molecule has 1 aromatic heterocycles. The Morgan fingerprint density at radius 2 is 1.84 bits per heavy atom. The minimum absolute atomic E-state index is 0.204. The first-order chi connectivity index (χ1) is 15.3. The van der Waals surface area contributed by atoms with E-state index in [9.17, 15) is 13.2 Å². The first-order valence-corrected chi connectivity index (χ1v) is 13.1. The van der Waals surface area contributed by atoms with E-state index < -0.39 is 10.0 Å². The van der Waals surface area contributed by atoms with E-state index >= 15 is 0 Å². The van der Waals surface area contributed by atoms with Crippen molar-refractivity contribution in [2.45, 2.75) is 36.9 Å². The van der Waals surface area contributed by atoms with Gasteiger partial charge in [-0.3, -0.25) is 9.36 Å². The molecule has 3 rings (SSSR count). The van der Waals surface area contributed by atoms with Crippen LogP contribution in [-0.4, -0.2) is 47.5 Å². The second-order valence-corrected chi connectivity index (χ2v) is 9.90. The molecule has 1 atom stereocenters. The fourth-order valence-corrected chi connectivity index (χ4v) is 5.43. The van der Waals surface area contributed by atoms with Gasteiger partial charge in [-0.2, -0.15) is 4.31 Å². The minimum atomic E-state index is -3.50. The number of hydrogen-bond donors (Lipinski definition) is 1. The lowest BCUT2D eigenvalue weighted by Gasteiger charge is -2.19. The molecule has 0 aliphatic carbocycles. The molecular weight excluding hydrogens is 444 g/mol. The molecule has 170 valence electrons. The highest BCUT2D eigenvalue weighted by Gasteiger charge is 2.22. The summed E-state index contributed by atoms with van der Waals surface area (Å²) in [7, 11) is -3.50. The van der Waals surface area contributed by atoms with E-state index in [1.54, 1.807) is 36.5 Å². The van der Waals surface area contributed by atoms with Gasteiger partial charge in [-0.25, -0.2) is 13.4 Å². The summed E-state index contributed by atoms with van der Waals surface area (Å²) < 4.78 is 28.7. The van der Waals surface area contributed by atoms with E-state index in [1.807, 2.05) is 56.0 Å². The quantitative estimate of drug-likeness (QED) is 0.474. The fourth-order valence-electron chi connectivity index (χ4n) is 3.44. The van der Waals surface area contributed by atoms with Gasteiger partial charge >= 0.3 is 0 Å². The van der Waals surface area contributed by atoms with Crippen LogP contribution in [0.5, 0.6) is 0 Å². The van der Waals surface area contributed by atoms with E-state index in [0.717, 1.165) is 16.4 Å². The summed E-state index contributed by atoms with van der Waals surface area (Å²) in [6.45, 7) is 6.35. The van der Waals surface area contributed by atoms with Gasteiger partial charge in [0, 0.05) is 36.7 Å². The van der Waals surface area contributed by atoms with Gasteiger partial charge in [-0.05, 0) is 49.1 Å². The van der Waals surface area contributed by atoms with Crippen LogP contribution in [0, 0.1) is 0 Å². The number of sulfonamides is 1. The van der Waals surface area contributed by atoms with Crippen LogP contribution in [0.1, 0.15) is 42.7 Å². The van der Waals surface area contributed by atoms with E-state index in [2.05, 4.69) is 10.3 Å². The third-order valence-corrected chi connectivity index (χ3v) is 7.98. The number of nitrogens with one attached hydrogen (secondary N) is 1. The van der Waals surface area contributed by atoms with Crippen LogP contribution in [-0.2, 0) is 10.0 Å². The lowest BCUT2D eigenvalue weighted by molar-refractivity contribution is 0.0940. The Hall–Kier alpha value is -2.62. The molecule has 2 aromatic carbocycles. The van der Waals surface area contributed by atoms with Crippen molar-refractivity contribution in [1.29, 1.82) is 0 Å². The molecule has 1 N–H and O–H groups in total. The zero-order valence-corrected chi connectivity index (χ0v) is 20.3. The number of imidazole rings is 1. The third kappa shape index (κ3) is 5.06. The number of carbonyl (C=O) groups is 1. The molecule has 1 unspecified atom stereocenters. The molecule has 0 radical (unpaired) electrons. The molecule has 0 aliphatic heterocycles. The molecule has 0 saturated heterocycles. The van der Waals surface area contributed by atoms with Gasteiger partial charge in [-0.1, -0.05) is 43.8 Å². The van der Waals surface area contributed by atoms with Crippen LogP contribution >= 0.6 is 11.8 Å². The maximum Gasteiger partial charge on any atom is 0.251 e. The van der Waals surface area contributed by atoms with Gasteiger partial charge in [0.1, 0.15) is 0 Å². The van der Waals surface area contributed by atoms with Crippen LogP contribution in [0.3, 0.4) is 0 Å². The number of carbonyl (C=O) groups excluding carboxylic acids is 1. The topological polar surface area (TPSA) is 84.3 Å². The summed E-state index contributed by atoms with van der Waals surface area (Å²) in [4.78, 5) is 17.4. The largest absolute Gasteiger partial charge is 0.346 e. The number of hydrogen-bond acceptors (Lipinski definition) is 5. The molecule has 0 saturated carbocycles. The predicted molar refractivity (Wildman–Crippen MR) is 128 cm³/mol. The smallest absolute Gasteiger partial charge is 0.251 e. The monoisotopic (exact) mass is 472 g/mol. The molecule has 3 aromatic rings. The van der Waals surface area contributed by atoms with Crippen LogP contribution in [0.15, 0.2) is 71.0 Å². The third-order valence-electron chi connectivity index (χ3n) is 5.25. The Bertz CT molecular complexity index is 1170. The highest BCUT2D eigenvalue weighted by atomic mass is 32.2. The van der Waals surface area contributed by atoms with Gasteiger partial charge in [0.05, 0.1) is 10.9 Å². The number of nitrogens with zero attached hydrogens (tertiary/aromatic N) is 3. The summed E-state index contributed by atoms with van der Waals surface area (Å²) in [6, 6.07) is 13.7. The van der Waals surface area contributed by atoms with Crippen molar-refractivity contribution in [3.05, 3.63) is 72.1 Å². The standard InChI is InChI=1S/C23H28N4O3S2/c1-5-26(6-2)32(29,30)21-12-10-18(11-13-21)17(3)25-22(28)19-8-7-9-20(16-19)27-15-14-24-23(27)31-4/h7-17H,5-6H2,1-4H3,(H,25,28). The number of aromatic nitrogens is 2. The fraction of sp³-hybridized carbons (Fsp3) is 0.304. The van der Waals surface area contributed by atoms with E-state index in [-0.39, 0.29) is 16.8 Å². The molecule has 7 nitrogen and oxygen atoms in total.